The van der Waals surface area contributed by atoms with E-state index >= 15 is 0 Å². The minimum Gasteiger partial charge on any atom is -0.496 e. The van der Waals surface area contributed by atoms with Crippen LogP contribution in [0, 0.1) is 0 Å². The molecule has 0 saturated carbocycles. The molecule has 0 fully saturated rings. The van der Waals surface area contributed by atoms with Gasteiger partial charge in [0.05, 0.1) is 23.0 Å². The molecule has 0 aromatic heterocycles. The van der Waals surface area contributed by atoms with Crippen LogP contribution in [0.4, 0.5) is 11.4 Å². The van der Waals surface area contributed by atoms with E-state index < -0.39 is 0 Å². The van der Waals surface area contributed by atoms with Crippen molar-refractivity contribution in [2.45, 2.75) is 19.5 Å². The van der Waals surface area contributed by atoms with Crippen LogP contribution in [-0.4, -0.2) is 19.7 Å². The lowest BCUT2D eigenvalue weighted by Crippen LogP contribution is -2.41. The molecule has 0 spiro atoms. The lowest BCUT2D eigenvalue weighted by atomic mass is 10.1. The van der Waals surface area contributed by atoms with Crippen LogP contribution in [-0.2, 0) is 6.54 Å². The minimum absolute atomic E-state index is 0.459. The second-order valence-electron chi connectivity index (χ2n) is 5.34. The number of fused-ring (bicyclic) bond motifs is 1. The molecule has 2 aromatic rings. The smallest absolute Gasteiger partial charge is 0.133 e. The fourth-order valence-corrected chi connectivity index (χ4v) is 3.31. The number of benzene rings is 2. The zero-order chi connectivity index (χ0) is 14.8. The number of methoxy groups -OCH3 is 1. The maximum atomic E-state index is 5.30. The number of nitrogens with one attached hydrogen (secondary N) is 1. The molecule has 0 amide bonds. The highest BCUT2D eigenvalue weighted by Gasteiger charge is 2.22. The first-order chi connectivity index (χ1) is 10.2. The number of nitrogens with zero attached hydrogens (tertiary/aromatic N) is 1. The molecule has 0 saturated heterocycles. The van der Waals surface area contributed by atoms with Gasteiger partial charge in [0.2, 0.25) is 0 Å². The quantitative estimate of drug-likeness (QED) is 0.897. The van der Waals surface area contributed by atoms with E-state index in [-0.39, 0.29) is 0 Å². The molecule has 1 unspecified atom stereocenters. The number of anilines is 2. The Bertz CT molecular complexity index is 644. The van der Waals surface area contributed by atoms with Gasteiger partial charge in [0, 0.05) is 19.1 Å². The fourth-order valence-electron chi connectivity index (χ4n) is 2.72. The van der Waals surface area contributed by atoms with Crippen LogP contribution < -0.4 is 15.0 Å². The molecule has 1 atom stereocenters. The molecule has 1 N–H and O–H groups in total. The predicted octanol–water partition coefficient (Wildman–Crippen LogP) is 4.28. The summed E-state index contributed by atoms with van der Waals surface area (Å²) in [6, 6.07) is 15.2. The van der Waals surface area contributed by atoms with Crippen LogP contribution >= 0.6 is 15.9 Å². The Labute approximate surface area is 134 Å². The molecular weight excluding hydrogens is 328 g/mol. The third kappa shape index (κ3) is 2.86. The van der Waals surface area contributed by atoms with Crippen molar-refractivity contribution in [1.29, 1.82) is 0 Å². The first kappa shape index (κ1) is 14.3. The number of halogens is 1. The minimum atomic E-state index is 0.459. The number of para-hydroxylation sites is 2. The van der Waals surface area contributed by atoms with E-state index in [1.165, 1.54) is 16.9 Å². The van der Waals surface area contributed by atoms with Crippen molar-refractivity contribution >= 4 is 27.3 Å². The molecule has 21 heavy (non-hydrogen) atoms. The van der Waals surface area contributed by atoms with E-state index in [4.69, 9.17) is 4.74 Å². The summed E-state index contributed by atoms with van der Waals surface area (Å²) < 4.78 is 6.30. The Morgan fingerprint density at radius 2 is 2.10 bits per heavy atom. The van der Waals surface area contributed by atoms with Crippen molar-refractivity contribution < 1.29 is 4.74 Å². The Morgan fingerprint density at radius 3 is 2.86 bits per heavy atom. The predicted molar refractivity (Wildman–Crippen MR) is 91.3 cm³/mol. The molecule has 0 radical (unpaired) electrons. The van der Waals surface area contributed by atoms with Gasteiger partial charge in [-0.05, 0) is 52.7 Å². The van der Waals surface area contributed by atoms with Crippen LogP contribution in [0.1, 0.15) is 12.5 Å². The van der Waals surface area contributed by atoms with Crippen molar-refractivity contribution in [2.75, 3.05) is 23.9 Å². The van der Waals surface area contributed by atoms with Crippen LogP contribution in [0.25, 0.3) is 0 Å². The normalized spacial score (nSPS) is 17.1. The molecule has 3 nitrogen and oxygen atoms in total. The third-order valence-electron chi connectivity index (χ3n) is 3.90. The summed E-state index contributed by atoms with van der Waals surface area (Å²) in [6.07, 6.45) is 0. The van der Waals surface area contributed by atoms with Gasteiger partial charge in [-0.3, -0.25) is 0 Å². The highest BCUT2D eigenvalue weighted by atomic mass is 79.9. The molecule has 3 rings (SSSR count). The van der Waals surface area contributed by atoms with E-state index in [1.54, 1.807) is 7.11 Å². The summed E-state index contributed by atoms with van der Waals surface area (Å²) in [5.74, 6) is 0.868. The van der Waals surface area contributed by atoms with E-state index in [0.29, 0.717) is 6.04 Å². The lowest BCUT2D eigenvalue weighted by molar-refractivity contribution is 0.412. The summed E-state index contributed by atoms with van der Waals surface area (Å²) in [5, 5.41) is 3.49. The Balaban J connectivity index is 1.89. The molecule has 0 aliphatic carbocycles. The highest BCUT2D eigenvalue weighted by molar-refractivity contribution is 9.10. The van der Waals surface area contributed by atoms with Crippen LogP contribution in [0.2, 0.25) is 0 Å². The van der Waals surface area contributed by atoms with Gasteiger partial charge in [-0.2, -0.15) is 0 Å². The largest absolute Gasteiger partial charge is 0.496 e. The molecule has 0 bridgehead atoms. The van der Waals surface area contributed by atoms with Gasteiger partial charge in [0.1, 0.15) is 5.75 Å². The zero-order valence-corrected chi connectivity index (χ0v) is 13.9. The van der Waals surface area contributed by atoms with Crippen molar-refractivity contribution in [3.05, 3.63) is 52.5 Å². The first-order valence-electron chi connectivity index (χ1n) is 7.11. The molecule has 1 heterocycles. The van der Waals surface area contributed by atoms with E-state index in [0.717, 1.165) is 23.3 Å². The second kappa shape index (κ2) is 5.98. The molecule has 1 aliphatic heterocycles. The van der Waals surface area contributed by atoms with Gasteiger partial charge in [0.25, 0.3) is 0 Å². The van der Waals surface area contributed by atoms with Crippen LogP contribution in [0.15, 0.2) is 46.9 Å². The van der Waals surface area contributed by atoms with Crippen molar-refractivity contribution in [3.63, 3.8) is 0 Å². The number of hydrogen-bond acceptors (Lipinski definition) is 3. The van der Waals surface area contributed by atoms with Crippen molar-refractivity contribution in [1.82, 2.24) is 0 Å². The maximum absolute atomic E-state index is 5.30. The SMILES string of the molecule is COc1ccc(CN2c3ccccc3NCC2C)cc1Br. The molecule has 2 aromatic carbocycles. The van der Waals surface area contributed by atoms with Gasteiger partial charge in [-0.1, -0.05) is 18.2 Å². The highest BCUT2D eigenvalue weighted by Crippen LogP contribution is 2.33. The molecular formula is C17H19BrN2O. The van der Waals surface area contributed by atoms with Gasteiger partial charge < -0.3 is 15.0 Å². The summed E-state index contributed by atoms with van der Waals surface area (Å²) in [7, 11) is 1.69. The number of ether oxygens (including phenoxy) is 1. The molecule has 1 aliphatic rings. The van der Waals surface area contributed by atoms with E-state index in [1.807, 2.05) is 6.07 Å². The first-order valence-corrected chi connectivity index (χ1v) is 7.90. The average Bonchev–Trinajstić information content (AvgIpc) is 2.50. The monoisotopic (exact) mass is 346 g/mol. The van der Waals surface area contributed by atoms with Crippen molar-refractivity contribution in [3.8, 4) is 5.75 Å². The topological polar surface area (TPSA) is 24.5 Å². The summed E-state index contributed by atoms with van der Waals surface area (Å²) in [4.78, 5) is 2.44. The van der Waals surface area contributed by atoms with Gasteiger partial charge in [-0.15, -0.1) is 0 Å². The summed E-state index contributed by atoms with van der Waals surface area (Å²) in [6.45, 7) is 4.11. The summed E-state index contributed by atoms with van der Waals surface area (Å²) >= 11 is 3.56. The Morgan fingerprint density at radius 1 is 1.29 bits per heavy atom. The Hall–Kier alpha value is -1.68. The number of hydrogen-bond donors (Lipinski definition) is 1. The zero-order valence-electron chi connectivity index (χ0n) is 12.3. The van der Waals surface area contributed by atoms with E-state index in [9.17, 15) is 0 Å². The fraction of sp³-hybridized carbons (Fsp3) is 0.294. The standard InChI is InChI=1S/C17H19BrN2O/c1-12-10-19-15-5-3-4-6-16(15)20(12)11-13-7-8-17(21-2)14(18)9-13/h3-9,12,19H,10-11H2,1-2H3. The van der Waals surface area contributed by atoms with Crippen LogP contribution in [0.5, 0.6) is 5.75 Å². The maximum Gasteiger partial charge on any atom is 0.133 e. The van der Waals surface area contributed by atoms with Crippen LogP contribution in [0.3, 0.4) is 0 Å². The number of rotatable bonds is 3. The molecule has 110 valence electrons. The summed E-state index contributed by atoms with van der Waals surface area (Å²) in [5.41, 5.74) is 3.75. The second-order valence-corrected chi connectivity index (χ2v) is 6.20. The Kier molecular flexibility index (Phi) is 4.06. The van der Waals surface area contributed by atoms with Crippen molar-refractivity contribution in [2.24, 2.45) is 0 Å². The van der Waals surface area contributed by atoms with E-state index in [2.05, 4.69) is 69.5 Å². The molecule has 4 heteroatoms. The van der Waals surface area contributed by atoms with Gasteiger partial charge in [0.15, 0.2) is 0 Å². The lowest BCUT2D eigenvalue weighted by Gasteiger charge is -2.37. The van der Waals surface area contributed by atoms with Gasteiger partial charge in [-0.25, -0.2) is 0 Å². The average molecular weight is 347 g/mol. The third-order valence-corrected chi connectivity index (χ3v) is 4.52. The van der Waals surface area contributed by atoms with Gasteiger partial charge >= 0.3 is 0 Å².